The molecule has 0 bridgehead atoms. The topological polar surface area (TPSA) is 55.1 Å². The van der Waals surface area contributed by atoms with Crippen LogP contribution in [-0.4, -0.2) is 11.7 Å². The number of hydrogen-bond acceptors (Lipinski definition) is 3. The first-order chi connectivity index (χ1) is 7.63. The molecule has 0 fully saturated rings. The van der Waals surface area contributed by atoms with Crippen LogP contribution >= 0.6 is 11.8 Å². The summed E-state index contributed by atoms with van der Waals surface area (Å²) in [7, 11) is 0. The van der Waals surface area contributed by atoms with Crippen molar-refractivity contribution in [2.24, 2.45) is 11.8 Å². The average molecular weight is 238 g/mol. The van der Waals surface area contributed by atoms with E-state index in [1.807, 2.05) is 23.9 Å². The predicted octanol–water partition coefficient (Wildman–Crippen LogP) is 2.18. The second-order valence-corrected chi connectivity index (χ2v) is 5.11. The maximum atomic E-state index is 11.2. The molecule has 0 unspecified atom stereocenters. The Balaban J connectivity index is 2.48. The Morgan fingerprint density at radius 1 is 1.38 bits per heavy atom. The lowest BCUT2D eigenvalue weighted by atomic mass is 10.1. The van der Waals surface area contributed by atoms with Crippen molar-refractivity contribution < 1.29 is 4.79 Å². The summed E-state index contributed by atoms with van der Waals surface area (Å²) in [6, 6.07) is 7.54. The highest BCUT2D eigenvalue weighted by Crippen LogP contribution is 2.15. The molecule has 1 aromatic rings. The molecule has 0 aliphatic rings. The van der Waals surface area contributed by atoms with Crippen LogP contribution in [0.2, 0.25) is 0 Å². The van der Waals surface area contributed by atoms with E-state index in [0.29, 0.717) is 11.5 Å². The van der Waals surface area contributed by atoms with E-state index in [2.05, 4.69) is 19.3 Å². The van der Waals surface area contributed by atoms with E-state index in [1.165, 1.54) is 5.56 Å². The van der Waals surface area contributed by atoms with Crippen molar-refractivity contribution >= 4 is 17.7 Å². The lowest BCUT2D eigenvalue weighted by Crippen LogP contribution is -2.29. The molecule has 0 spiro atoms. The highest BCUT2D eigenvalue weighted by atomic mass is 32.2. The van der Waals surface area contributed by atoms with Gasteiger partial charge in [-0.15, -0.1) is 0 Å². The maximum absolute atomic E-state index is 11.2. The number of thioether (sulfide) groups is 1. The van der Waals surface area contributed by atoms with Crippen LogP contribution in [-0.2, 0) is 5.75 Å². The van der Waals surface area contributed by atoms with Gasteiger partial charge in [-0.25, -0.2) is 5.84 Å². The summed E-state index contributed by atoms with van der Waals surface area (Å²) in [5.74, 6) is 7.66. The third-order valence-corrected chi connectivity index (χ3v) is 3.51. The number of benzene rings is 1. The number of hydrazine groups is 1. The normalized spacial score (nSPS) is 10.5. The van der Waals surface area contributed by atoms with Gasteiger partial charge in [-0.3, -0.25) is 10.2 Å². The van der Waals surface area contributed by atoms with Crippen molar-refractivity contribution in [3.05, 3.63) is 35.4 Å². The lowest BCUT2D eigenvalue weighted by molar-refractivity contribution is 0.0953. The summed E-state index contributed by atoms with van der Waals surface area (Å²) in [5, 5.41) is 0. The lowest BCUT2D eigenvalue weighted by Gasteiger charge is -2.05. The predicted molar refractivity (Wildman–Crippen MR) is 69.1 cm³/mol. The summed E-state index contributed by atoms with van der Waals surface area (Å²) in [4.78, 5) is 11.2. The molecule has 4 heteroatoms. The first kappa shape index (κ1) is 13.1. The van der Waals surface area contributed by atoms with Gasteiger partial charge in [0.15, 0.2) is 0 Å². The van der Waals surface area contributed by atoms with Gasteiger partial charge in [0.05, 0.1) is 0 Å². The number of nitrogen functional groups attached to an aromatic ring is 1. The van der Waals surface area contributed by atoms with E-state index in [9.17, 15) is 4.79 Å². The Kier molecular flexibility index (Phi) is 5.35. The van der Waals surface area contributed by atoms with Crippen LogP contribution in [0.25, 0.3) is 0 Å². The van der Waals surface area contributed by atoms with Crippen molar-refractivity contribution in [2.45, 2.75) is 19.6 Å². The third kappa shape index (κ3) is 4.24. The Labute approximate surface area is 101 Å². The molecule has 88 valence electrons. The van der Waals surface area contributed by atoms with Crippen LogP contribution in [0.4, 0.5) is 0 Å². The largest absolute Gasteiger partial charge is 0.290 e. The second kappa shape index (κ2) is 6.55. The zero-order valence-corrected chi connectivity index (χ0v) is 10.5. The molecule has 1 rings (SSSR count). The van der Waals surface area contributed by atoms with Crippen molar-refractivity contribution in [2.75, 3.05) is 5.75 Å². The minimum Gasteiger partial charge on any atom is -0.290 e. The molecule has 16 heavy (non-hydrogen) atoms. The van der Waals surface area contributed by atoms with E-state index in [-0.39, 0.29) is 5.91 Å². The Morgan fingerprint density at radius 3 is 2.50 bits per heavy atom. The molecule has 0 aliphatic heterocycles. The number of carbonyl (C=O) groups is 1. The number of carbonyl (C=O) groups excluding carboxylic acids is 1. The molecule has 3 nitrogen and oxygen atoms in total. The van der Waals surface area contributed by atoms with E-state index in [0.717, 1.165) is 11.5 Å². The summed E-state index contributed by atoms with van der Waals surface area (Å²) in [6.45, 7) is 4.42. The number of nitrogens with one attached hydrogen (secondary N) is 1. The van der Waals surface area contributed by atoms with Gasteiger partial charge >= 0.3 is 0 Å². The van der Waals surface area contributed by atoms with Crippen molar-refractivity contribution in [1.82, 2.24) is 5.43 Å². The van der Waals surface area contributed by atoms with Gasteiger partial charge in [-0.05, 0) is 29.4 Å². The molecule has 0 heterocycles. The van der Waals surface area contributed by atoms with Crippen LogP contribution in [0.5, 0.6) is 0 Å². The first-order valence-electron chi connectivity index (χ1n) is 5.31. The van der Waals surface area contributed by atoms with Crippen molar-refractivity contribution in [3.8, 4) is 0 Å². The van der Waals surface area contributed by atoms with Crippen LogP contribution < -0.4 is 11.3 Å². The molecule has 0 aromatic heterocycles. The zero-order chi connectivity index (χ0) is 12.0. The summed E-state index contributed by atoms with van der Waals surface area (Å²) in [5.41, 5.74) is 3.95. The van der Waals surface area contributed by atoms with Crippen molar-refractivity contribution in [1.29, 1.82) is 0 Å². The fourth-order valence-electron chi connectivity index (χ4n) is 1.25. The highest BCUT2D eigenvalue weighted by Gasteiger charge is 2.02. The fourth-order valence-corrected chi connectivity index (χ4v) is 2.27. The van der Waals surface area contributed by atoms with Gasteiger partial charge in [-0.1, -0.05) is 26.0 Å². The standard InChI is InChI=1S/C12H18N2OS/c1-9(2)7-16-8-10-3-5-11(6-4-10)12(15)14-13/h3-6,9H,7-8,13H2,1-2H3,(H,14,15). The third-order valence-electron chi connectivity index (χ3n) is 2.07. The highest BCUT2D eigenvalue weighted by molar-refractivity contribution is 7.98. The minimum absolute atomic E-state index is 0.249. The average Bonchev–Trinajstić information content (AvgIpc) is 2.28. The molecule has 0 atom stereocenters. The number of rotatable bonds is 5. The van der Waals surface area contributed by atoms with Crippen LogP contribution in [0.15, 0.2) is 24.3 Å². The van der Waals surface area contributed by atoms with Crippen LogP contribution in [0, 0.1) is 5.92 Å². The molecular formula is C12H18N2OS. The molecule has 1 aromatic carbocycles. The SMILES string of the molecule is CC(C)CSCc1ccc(C(=O)NN)cc1. The zero-order valence-electron chi connectivity index (χ0n) is 9.69. The van der Waals surface area contributed by atoms with Gasteiger partial charge in [-0.2, -0.15) is 11.8 Å². The van der Waals surface area contributed by atoms with Gasteiger partial charge in [0.1, 0.15) is 0 Å². The molecule has 0 saturated heterocycles. The number of hydrogen-bond donors (Lipinski definition) is 2. The van der Waals surface area contributed by atoms with Crippen LogP contribution in [0.1, 0.15) is 29.8 Å². The Bertz CT molecular complexity index is 335. The van der Waals surface area contributed by atoms with E-state index >= 15 is 0 Å². The van der Waals surface area contributed by atoms with Gasteiger partial charge in [0.25, 0.3) is 5.91 Å². The quantitative estimate of drug-likeness (QED) is 0.469. The van der Waals surface area contributed by atoms with E-state index < -0.39 is 0 Å². The second-order valence-electron chi connectivity index (χ2n) is 4.08. The Hall–Kier alpha value is -1.00. The van der Waals surface area contributed by atoms with Gasteiger partial charge in [0.2, 0.25) is 0 Å². The fraction of sp³-hybridized carbons (Fsp3) is 0.417. The molecule has 0 saturated carbocycles. The first-order valence-corrected chi connectivity index (χ1v) is 6.46. The summed E-state index contributed by atoms with van der Waals surface area (Å²) < 4.78 is 0. The maximum Gasteiger partial charge on any atom is 0.265 e. The minimum atomic E-state index is -0.249. The smallest absolute Gasteiger partial charge is 0.265 e. The number of nitrogens with two attached hydrogens (primary N) is 1. The van der Waals surface area contributed by atoms with Gasteiger partial charge in [0, 0.05) is 11.3 Å². The molecule has 3 N–H and O–H groups in total. The van der Waals surface area contributed by atoms with Crippen molar-refractivity contribution in [3.63, 3.8) is 0 Å². The van der Waals surface area contributed by atoms with E-state index in [1.54, 1.807) is 12.1 Å². The Morgan fingerprint density at radius 2 is 2.00 bits per heavy atom. The van der Waals surface area contributed by atoms with E-state index in [4.69, 9.17) is 5.84 Å². The molecule has 1 amide bonds. The molecule has 0 aliphatic carbocycles. The molecular weight excluding hydrogens is 220 g/mol. The monoisotopic (exact) mass is 238 g/mol. The van der Waals surface area contributed by atoms with Crippen LogP contribution in [0.3, 0.4) is 0 Å². The van der Waals surface area contributed by atoms with Gasteiger partial charge < -0.3 is 0 Å². The summed E-state index contributed by atoms with van der Waals surface area (Å²) >= 11 is 1.91. The number of amides is 1. The molecule has 0 radical (unpaired) electrons. The summed E-state index contributed by atoms with van der Waals surface area (Å²) in [6.07, 6.45) is 0.